The first kappa shape index (κ1) is 6.79. The van der Waals surface area contributed by atoms with Gasteiger partial charge in [0.15, 0.2) is 5.82 Å². The number of aliphatic hydroxyl groups excluding tert-OH is 1. The van der Waals surface area contributed by atoms with Crippen molar-refractivity contribution >= 4 is 0 Å². The lowest BCUT2D eigenvalue weighted by molar-refractivity contribution is 0.262. The van der Waals surface area contributed by atoms with Gasteiger partial charge >= 0.3 is 0 Å². The summed E-state index contributed by atoms with van der Waals surface area (Å²) in [4.78, 5) is 3.98. The Labute approximate surface area is 64.2 Å². The van der Waals surface area contributed by atoms with Crippen molar-refractivity contribution in [1.29, 1.82) is 0 Å². The number of aliphatic hydroxyl groups is 1. The molecule has 4 heteroatoms. The van der Waals surface area contributed by atoms with Crippen molar-refractivity contribution in [3.63, 3.8) is 0 Å². The molecule has 0 bridgehead atoms. The number of nitrogens with zero attached hydrogens (tertiary/aromatic N) is 2. The third kappa shape index (κ3) is 1.57. The van der Waals surface area contributed by atoms with Gasteiger partial charge in [0, 0.05) is 6.42 Å². The van der Waals surface area contributed by atoms with E-state index in [1.165, 1.54) is 12.8 Å². The maximum atomic E-state index is 8.62. The lowest BCUT2D eigenvalue weighted by atomic mass is 10.3. The summed E-state index contributed by atoms with van der Waals surface area (Å²) in [6.07, 6.45) is 3.43. The number of hydrogen-bond donors (Lipinski definition) is 1. The Bertz CT molecular complexity index is 242. The van der Waals surface area contributed by atoms with Crippen LogP contribution in [0.5, 0.6) is 0 Å². The van der Waals surface area contributed by atoms with Crippen LogP contribution in [0.25, 0.3) is 0 Å². The molecule has 1 aliphatic rings. The predicted octanol–water partition coefficient (Wildman–Crippen LogP) is 0.514. The molecular formula is C7H10N2O2. The highest BCUT2D eigenvalue weighted by Gasteiger charge is 2.24. The molecule has 0 aromatic carbocycles. The second-order valence-corrected chi connectivity index (χ2v) is 2.91. The van der Waals surface area contributed by atoms with Gasteiger partial charge in [0.1, 0.15) is 6.61 Å². The Morgan fingerprint density at radius 3 is 2.91 bits per heavy atom. The van der Waals surface area contributed by atoms with Gasteiger partial charge in [-0.3, -0.25) is 0 Å². The van der Waals surface area contributed by atoms with Crippen molar-refractivity contribution < 1.29 is 9.63 Å². The Balaban J connectivity index is 1.99. The maximum Gasteiger partial charge on any atom is 0.227 e. The highest BCUT2D eigenvalue weighted by Crippen LogP contribution is 2.31. The second kappa shape index (κ2) is 2.62. The monoisotopic (exact) mass is 154 g/mol. The third-order valence-corrected chi connectivity index (χ3v) is 1.81. The quantitative estimate of drug-likeness (QED) is 0.689. The summed E-state index contributed by atoms with van der Waals surface area (Å²) in [6.45, 7) is -0.131. The van der Waals surface area contributed by atoms with Crippen LogP contribution in [0.2, 0.25) is 0 Å². The standard InChI is InChI=1S/C7H10N2O2/c10-4-6-8-7(11-9-6)3-5-1-2-5/h5,10H,1-4H2. The zero-order chi connectivity index (χ0) is 7.68. The number of hydrogen-bond acceptors (Lipinski definition) is 4. The van der Waals surface area contributed by atoms with Crippen LogP contribution in [0.3, 0.4) is 0 Å². The molecule has 0 spiro atoms. The molecule has 1 fully saturated rings. The summed E-state index contributed by atoms with van der Waals surface area (Å²) < 4.78 is 4.89. The average molecular weight is 154 g/mol. The Morgan fingerprint density at radius 2 is 2.36 bits per heavy atom. The van der Waals surface area contributed by atoms with E-state index in [4.69, 9.17) is 9.63 Å². The van der Waals surface area contributed by atoms with E-state index in [-0.39, 0.29) is 6.61 Å². The fraction of sp³-hybridized carbons (Fsp3) is 0.714. The summed E-state index contributed by atoms with van der Waals surface area (Å²) in [7, 11) is 0. The lowest BCUT2D eigenvalue weighted by Crippen LogP contribution is -1.88. The van der Waals surface area contributed by atoms with Gasteiger partial charge < -0.3 is 9.63 Å². The van der Waals surface area contributed by atoms with Crippen LogP contribution in [-0.2, 0) is 13.0 Å². The van der Waals surface area contributed by atoms with E-state index >= 15 is 0 Å². The summed E-state index contributed by atoms with van der Waals surface area (Å²) >= 11 is 0. The van der Waals surface area contributed by atoms with Crippen molar-refractivity contribution in [1.82, 2.24) is 10.1 Å². The van der Waals surface area contributed by atoms with E-state index in [0.29, 0.717) is 11.7 Å². The zero-order valence-corrected chi connectivity index (χ0v) is 6.16. The highest BCUT2D eigenvalue weighted by atomic mass is 16.5. The van der Waals surface area contributed by atoms with Gasteiger partial charge in [-0.2, -0.15) is 4.98 Å². The minimum atomic E-state index is -0.131. The van der Waals surface area contributed by atoms with Crippen LogP contribution in [0.4, 0.5) is 0 Å². The largest absolute Gasteiger partial charge is 0.388 e. The lowest BCUT2D eigenvalue weighted by Gasteiger charge is -1.85. The molecular weight excluding hydrogens is 144 g/mol. The number of aromatic nitrogens is 2. The molecule has 1 aliphatic carbocycles. The second-order valence-electron chi connectivity index (χ2n) is 2.91. The van der Waals surface area contributed by atoms with Crippen LogP contribution >= 0.6 is 0 Å². The molecule has 60 valence electrons. The molecule has 0 atom stereocenters. The normalized spacial score (nSPS) is 17.2. The van der Waals surface area contributed by atoms with Crippen molar-refractivity contribution in [2.24, 2.45) is 5.92 Å². The molecule has 1 aromatic heterocycles. The summed E-state index contributed by atoms with van der Waals surface area (Å²) in [6, 6.07) is 0. The molecule has 1 heterocycles. The molecule has 0 unspecified atom stereocenters. The van der Waals surface area contributed by atoms with Gasteiger partial charge in [-0.1, -0.05) is 5.16 Å². The van der Waals surface area contributed by atoms with Crippen molar-refractivity contribution in [3.8, 4) is 0 Å². The van der Waals surface area contributed by atoms with Gasteiger partial charge in [-0.15, -0.1) is 0 Å². The smallest absolute Gasteiger partial charge is 0.227 e. The van der Waals surface area contributed by atoms with Crippen LogP contribution in [-0.4, -0.2) is 15.2 Å². The van der Waals surface area contributed by atoms with E-state index in [1.807, 2.05) is 0 Å². The molecule has 0 saturated heterocycles. The van der Waals surface area contributed by atoms with Gasteiger partial charge in [-0.05, 0) is 18.8 Å². The van der Waals surface area contributed by atoms with E-state index in [9.17, 15) is 0 Å². The van der Waals surface area contributed by atoms with Crippen molar-refractivity contribution in [3.05, 3.63) is 11.7 Å². The minimum absolute atomic E-state index is 0.131. The molecule has 1 N–H and O–H groups in total. The van der Waals surface area contributed by atoms with Gasteiger partial charge in [0.05, 0.1) is 0 Å². The van der Waals surface area contributed by atoms with E-state index in [0.717, 1.165) is 12.3 Å². The molecule has 1 saturated carbocycles. The van der Waals surface area contributed by atoms with E-state index in [1.54, 1.807) is 0 Å². The minimum Gasteiger partial charge on any atom is -0.388 e. The fourth-order valence-electron chi connectivity index (χ4n) is 1.01. The van der Waals surface area contributed by atoms with Crippen LogP contribution < -0.4 is 0 Å². The molecule has 0 radical (unpaired) electrons. The van der Waals surface area contributed by atoms with E-state index in [2.05, 4.69) is 10.1 Å². The summed E-state index contributed by atoms with van der Waals surface area (Å²) in [5, 5.41) is 12.2. The van der Waals surface area contributed by atoms with Crippen LogP contribution in [0.1, 0.15) is 24.6 Å². The van der Waals surface area contributed by atoms with Crippen molar-refractivity contribution in [2.45, 2.75) is 25.9 Å². The first-order chi connectivity index (χ1) is 5.38. The van der Waals surface area contributed by atoms with E-state index < -0.39 is 0 Å². The van der Waals surface area contributed by atoms with Crippen LogP contribution in [0, 0.1) is 5.92 Å². The Hall–Kier alpha value is -0.900. The first-order valence-electron chi connectivity index (χ1n) is 3.81. The summed E-state index contributed by atoms with van der Waals surface area (Å²) in [5.74, 6) is 1.80. The Morgan fingerprint density at radius 1 is 1.55 bits per heavy atom. The molecule has 1 aromatic rings. The van der Waals surface area contributed by atoms with Crippen LogP contribution in [0.15, 0.2) is 4.52 Å². The maximum absolute atomic E-state index is 8.62. The zero-order valence-electron chi connectivity index (χ0n) is 6.16. The topological polar surface area (TPSA) is 59.2 Å². The summed E-state index contributed by atoms with van der Waals surface area (Å²) in [5.41, 5.74) is 0. The van der Waals surface area contributed by atoms with Gasteiger partial charge in [0.2, 0.25) is 5.89 Å². The highest BCUT2D eigenvalue weighted by molar-refractivity contribution is 4.89. The van der Waals surface area contributed by atoms with Gasteiger partial charge in [0.25, 0.3) is 0 Å². The molecule has 2 rings (SSSR count). The SMILES string of the molecule is OCc1noc(CC2CC2)n1. The molecule has 11 heavy (non-hydrogen) atoms. The van der Waals surface area contributed by atoms with Gasteiger partial charge in [-0.25, -0.2) is 0 Å². The fourth-order valence-corrected chi connectivity index (χ4v) is 1.01. The molecule has 0 amide bonds. The third-order valence-electron chi connectivity index (χ3n) is 1.81. The Kier molecular flexibility index (Phi) is 1.62. The number of rotatable bonds is 3. The van der Waals surface area contributed by atoms with Crippen molar-refractivity contribution in [2.75, 3.05) is 0 Å². The predicted molar refractivity (Wildman–Crippen MR) is 36.6 cm³/mol. The first-order valence-corrected chi connectivity index (χ1v) is 3.81. The average Bonchev–Trinajstić information content (AvgIpc) is 2.68. The molecule has 4 nitrogen and oxygen atoms in total. The molecule has 0 aliphatic heterocycles.